The molecule has 1 N–H and O–H groups in total. The van der Waals surface area contributed by atoms with Crippen LogP contribution < -0.4 is 0 Å². The molecular weight excluding hydrogens is 192 g/mol. The van der Waals surface area contributed by atoms with Crippen LogP contribution in [0.1, 0.15) is 39.5 Å². The van der Waals surface area contributed by atoms with Gasteiger partial charge in [-0.15, -0.1) is 0 Å². The normalized spacial score (nSPS) is 50.7. The fourth-order valence-corrected chi connectivity index (χ4v) is 4.34. The summed E-state index contributed by atoms with van der Waals surface area (Å²) in [5.74, 6) is -0.817. The first-order valence-corrected chi connectivity index (χ1v) is 5.88. The number of hydrogen-bond acceptors (Lipinski definition) is 2. The average Bonchev–Trinajstić information content (AvgIpc) is 2.51. The van der Waals surface area contributed by atoms with E-state index in [1.807, 2.05) is 0 Å². The van der Waals surface area contributed by atoms with E-state index in [2.05, 4.69) is 13.8 Å². The second-order valence-electron chi connectivity index (χ2n) is 5.90. The number of carboxylic acids is 1. The van der Waals surface area contributed by atoms with Crippen molar-refractivity contribution in [2.45, 2.75) is 51.7 Å². The summed E-state index contributed by atoms with van der Waals surface area (Å²) in [5, 5.41) is 9.28. The van der Waals surface area contributed by atoms with Crippen LogP contribution in [-0.2, 0) is 9.53 Å². The van der Waals surface area contributed by atoms with Crippen LogP contribution in [0.4, 0.5) is 0 Å². The summed E-state index contributed by atoms with van der Waals surface area (Å²) in [6.45, 7) is 4.18. The first-order chi connectivity index (χ1) is 7.00. The van der Waals surface area contributed by atoms with Crippen LogP contribution in [0, 0.1) is 16.7 Å². The maximum atomic E-state index is 11.3. The lowest BCUT2D eigenvalue weighted by atomic mass is 9.84. The van der Waals surface area contributed by atoms with Crippen molar-refractivity contribution in [1.82, 2.24) is 0 Å². The molecule has 0 aromatic rings. The largest absolute Gasteiger partial charge is 0.481 e. The molecule has 1 spiro atoms. The summed E-state index contributed by atoms with van der Waals surface area (Å²) in [4.78, 5) is 11.3. The second kappa shape index (κ2) is 2.57. The molecule has 2 saturated heterocycles. The molecule has 3 heteroatoms. The number of carboxylic acid groups (broad SMARTS) is 1. The Morgan fingerprint density at radius 3 is 2.67 bits per heavy atom. The fourth-order valence-electron chi connectivity index (χ4n) is 4.34. The van der Waals surface area contributed by atoms with Gasteiger partial charge in [-0.1, -0.05) is 13.8 Å². The first-order valence-electron chi connectivity index (χ1n) is 5.88. The fraction of sp³-hybridized carbons (Fsp3) is 0.917. The topological polar surface area (TPSA) is 46.5 Å². The Labute approximate surface area is 89.8 Å². The SMILES string of the molecule is CC1(C)C(C(=O)O)C12CCC1CCC2O1. The third kappa shape index (κ3) is 0.930. The molecule has 3 fully saturated rings. The van der Waals surface area contributed by atoms with Crippen molar-refractivity contribution in [3.63, 3.8) is 0 Å². The summed E-state index contributed by atoms with van der Waals surface area (Å²) in [6, 6.07) is 0. The highest BCUT2D eigenvalue weighted by molar-refractivity contribution is 5.77. The minimum absolute atomic E-state index is 0.0498. The molecule has 15 heavy (non-hydrogen) atoms. The standard InChI is InChI=1S/C12H18O3/c1-11(2)9(10(13)14)12(11)6-5-7-3-4-8(12)15-7/h7-9H,3-6H2,1-2H3,(H,13,14). The molecule has 3 rings (SSSR count). The molecule has 1 saturated carbocycles. The molecule has 3 aliphatic rings. The Morgan fingerprint density at radius 1 is 1.33 bits per heavy atom. The van der Waals surface area contributed by atoms with Crippen LogP contribution in [0.25, 0.3) is 0 Å². The Balaban J connectivity index is 1.95. The zero-order chi connectivity index (χ0) is 10.8. The lowest BCUT2D eigenvalue weighted by Crippen LogP contribution is -2.33. The van der Waals surface area contributed by atoms with Crippen LogP contribution >= 0.6 is 0 Å². The molecular formula is C12H18O3. The summed E-state index contributed by atoms with van der Waals surface area (Å²) in [6.07, 6.45) is 4.95. The van der Waals surface area contributed by atoms with Crippen LogP contribution in [-0.4, -0.2) is 23.3 Å². The molecule has 2 heterocycles. The zero-order valence-electron chi connectivity index (χ0n) is 9.32. The molecule has 84 valence electrons. The van der Waals surface area contributed by atoms with Crippen molar-refractivity contribution >= 4 is 5.97 Å². The van der Waals surface area contributed by atoms with Crippen LogP contribution in [0.2, 0.25) is 0 Å². The van der Waals surface area contributed by atoms with Gasteiger partial charge in [0.2, 0.25) is 0 Å². The van der Waals surface area contributed by atoms with E-state index in [9.17, 15) is 9.90 Å². The predicted octanol–water partition coefficient (Wildman–Crippen LogP) is 2.05. The second-order valence-corrected chi connectivity index (χ2v) is 5.90. The summed E-state index contributed by atoms with van der Waals surface area (Å²) in [7, 11) is 0. The highest BCUT2D eigenvalue weighted by Gasteiger charge is 2.78. The number of carbonyl (C=O) groups is 1. The quantitative estimate of drug-likeness (QED) is 0.720. The van der Waals surface area contributed by atoms with Gasteiger partial charge in [-0.2, -0.15) is 0 Å². The number of aliphatic carboxylic acids is 1. The molecule has 0 aromatic heterocycles. The molecule has 4 unspecified atom stereocenters. The minimum Gasteiger partial charge on any atom is -0.481 e. The molecule has 2 bridgehead atoms. The van der Waals surface area contributed by atoms with Crippen molar-refractivity contribution < 1.29 is 14.6 Å². The number of fused-ring (bicyclic) bond motifs is 3. The molecule has 1 aliphatic carbocycles. The van der Waals surface area contributed by atoms with Gasteiger partial charge in [-0.25, -0.2) is 0 Å². The summed E-state index contributed by atoms with van der Waals surface area (Å²) in [5.41, 5.74) is -0.120. The van der Waals surface area contributed by atoms with Crippen molar-refractivity contribution in [1.29, 1.82) is 0 Å². The van der Waals surface area contributed by atoms with Gasteiger partial charge in [0.25, 0.3) is 0 Å². The van der Waals surface area contributed by atoms with E-state index in [1.54, 1.807) is 0 Å². The van der Waals surface area contributed by atoms with Crippen LogP contribution in [0.3, 0.4) is 0 Å². The van der Waals surface area contributed by atoms with Gasteiger partial charge in [0.15, 0.2) is 0 Å². The van der Waals surface area contributed by atoms with Gasteiger partial charge >= 0.3 is 5.97 Å². The third-order valence-corrected chi connectivity index (χ3v) is 5.16. The van der Waals surface area contributed by atoms with E-state index in [4.69, 9.17) is 4.74 Å². The van der Waals surface area contributed by atoms with Gasteiger partial charge in [0, 0.05) is 5.41 Å². The molecule has 3 nitrogen and oxygen atoms in total. The van der Waals surface area contributed by atoms with Gasteiger partial charge in [0.05, 0.1) is 18.1 Å². The number of rotatable bonds is 1. The molecule has 0 aromatic carbocycles. The zero-order valence-corrected chi connectivity index (χ0v) is 9.32. The van der Waals surface area contributed by atoms with Crippen molar-refractivity contribution in [3.05, 3.63) is 0 Å². The van der Waals surface area contributed by atoms with Gasteiger partial charge in [0.1, 0.15) is 0 Å². The van der Waals surface area contributed by atoms with Crippen LogP contribution in [0.5, 0.6) is 0 Å². The maximum Gasteiger partial charge on any atom is 0.307 e. The van der Waals surface area contributed by atoms with E-state index in [0.29, 0.717) is 6.10 Å². The molecule has 4 atom stereocenters. The Hall–Kier alpha value is -0.570. The highest BCUT2D eigenvalue weighted by atomic mass is 16.5. The van der Waals surface area contributed by atoms with E-state index < -0.39 is 5.97 Å². The third-order valence-electron chi connectivity index (χ3n) is 5.16. The van der Waals surface area contributed by atoms with Gasteiger partial charge in [-0.05, 0) is 31.1 Å². The summed E-state index contributed by atoms with van der Waals surface area (Å²) < 4.78 is 5.93. The van der Waals surface area contributed by atoms with E-state index in [1.165, 1.54) is 0 Å². The average molecular weight is 210 g/mol. The van der Waals surface area contributed by atoms with Crippen LogP contribution in [0.15, 0.2) is 0 Å². The van der Waals surface area contributed by atoms with E-state index in [-0.39, 0.29) is 22.9 Å². The number of hydrogen-bond donors (Lipinski definition) is 1. The molecule has 0 radical (unpaired) electrons. The first kappa shape index (κ1) is 9.64. The monoisotopic (exact) mass is 210 g/mol. The molecule has 0 amide bonds. The smallest absolute Gasteiger partial charge is 0.307 e. The maximum absolute atomic E-state index is 11.3. The van der Waals surface area contributed by atoms with E-state index >= 15 is 0 Å². The van der Waals surface area contributed by atoms with Crippen molar-refractivity contribution in [3.8, 4) is 0 Å². The van der Waals surface area contributed by atoms with Crippen molar-refractivity contribution in [2.75, 3.05) is 0 Å². The molecule has 2 aliphatic heterocycles. The Morgan fingerprint density at radius 2 is 2.07 bits per heavy atom. The van der Waals surface area contributed by atoms with Gasteiger partial charge in [-0.3, -0.25) is 4.79 Å². The summed E-state index contributed by atoms with van der Waals surface area (Å²) >= 11 is 0. The Bertz CT molecular complexity index is 323. The van der Waals surface area contributed by atoms with E-state index in [0.717, 1.165) is 25.7 Å². The minimum atomic E-state index is -0.631. The van der Waals surface area contributed by atoms with Gasteiger partial charge < -0.3 is 9.84 Å². The lowest BCUT2D eigenvalue weighted by molar-refractivity contribution is -0.141. The number of ether oxygens (including phenoxy) is 1. The predicted molar refractivity (Wildman–Crippen MR) is 54.5 cm³/mol. The lowest BCUT2D eigenvalue weighted by Gasteiger charge is -2.32. The Kier molecular flexibility index (Phi) is 1.65. The highest BCUT2D eigenvalue weighted by Crippen LogP contribution is 2.76. The van der Waals surface area contributed by atoms with Crippen molar-refractivity contribution in [2.24, 2.45) is 16.7 Å².